The highest BCUT2D eigenvalue weighted by molar-refractivity contribution is 6.76. The van der Waals surface area contributed by atoms with Crippen LogP contribution in [-0.2, 0) is 14.3 Å². The van der Waals surface area contributed by atoms with Crippen molar-refractivity contribution in [3.8, 4) is 0 Å². The SMILES string of the molecule is CCC(C)COCC(O)CN1CCN(CCC(=O)OC[Si](C)(C)C)CC1. The Labute approximate surface area is 160 Å². The van der Waals surface area contributed by atoms with E-state index in [2.05, 4.69) is 43.3 Å². The summed E-state index contributed by atoms with van der Waals surface area (Å²) in [5, 5.41) is 10.1. The third-order valence-corrected chi connectivity index (χ3v) is 5.65. The number of β-amino-alcohol motifs (C(OH)–C–C–N with tert-alkyl or cyclic N) is 1. The third-order valence-electron chi connectivity index (χ3n) is 4.64. The summed E-state index contributed by atoms with van der Waals surface area (Å²) in [6.45, 7) is 17.2. The average molecular weight is 389 g/mol. The van der Waals surface area contributed by atoms with E-state index in [1.165, 1.54) is 0 Å². The zero-order valence-electron chi connectivity index (χ0n) is 17.5. The van der Waals surface area contributed by atoms with Crippen molar-refractivity contribution in [3.63, 3.8) is 0 Å². The Morgan fingerprint density at radius 3 is 2.31 bits per heavy atom. The monoisotopic (exact) mass is 388 g/mol. The van der Waals surface area contributed by atoms with Gasteiger partial charge in [-0.3, -0.25) is 9.69 Å². The fourth-order valence-electron chi connectivity index (χ4n) is 2.69. The Kier molecular flexibility index (Phi) is 10.9. The number of ether oxygens (including phenoxy) is 2. The number of esters is 1. The molecule has 154 valence electrons. The van der Waals surface area contributed by atoms with Crippen molar-refractivity contribution in [2.45, 2.75) is 52.4 Å². The number of rotatable bonds is 12. The van der Waals surface area contributed by atoms with Gasteiger partial charge in [0, 0.05) is 45.9 Å². The number of aliphatic hydroxyl groups excluding tert-OH is 1. The molecule has 0 aliphatic carbocycles. The second kappa shape index (κ2) is 12.1. The number of piperazine rings is 1. The molecule has 0 saturated carbocycles. The van der Waals surface area contributed by atoms with Gasteiger partial charge in [0.2, 0.25) is 0 Å². The van der Waals surface area contributed by atoms with Gasteiger partial charge < -0.3 is 19.5 Å². The van der Waals surface area contributed by atoms with Gasteiger partial charge in [0.05, 0.1) is 33.4 Å². The Bertz CT molecular complexity index is 395. The van der Waals surface area contributed by atoms with Gasteiger partial charge in [0.15, 0.2) is 0 Å². The highest BCUT2D eigenvalue weighted by atomic mass is 28.3. The Morgan fingerprint density at radius 2 is 1.73 bits per heavy atom. The van der Waals surface area contributed by atoms with E-state index < -0.39 is 14.2 Å². The maximum Gasteiger partial charge on any atom is 0.306 e. The lowest BCUT2D eigenvalue weighted by Crippen LogP contribution is -2.49. The number of aliphatic hydroxyl groups is 1. The Balaban J connectivity index is 2.11. The topological polar surface area (TPSA) is 62.2 Å². The number of hydrogen-bond donors (Lipinski definition) is 1. The van der Waals surface area contributed by atoms with Crippen LogP contribution in [0.4, 0.5) is 0 Å². The van der Waals surface area contributed by atoms with Crippen LogP contribution in [0.2, 0.25) is 19.6 Å². The summed E-state index contributed by atoms with van der Waals surface area (Å²) in [5.41, 5.74) is 0. The van der Waals surface area contributed by atoms with E-state index in [0.29, 0.717) is 31.7 Å². The quantitative estimate of drug-likeness (QED) is 0.407. The maximum absolute atomic E-state index is 11.8. The third kappa shape index (κ3) is 11.3. The number of carbonyl (C=O) groups excluding carboxylic acids is 1. The molecule has 7 heteroatoms. The highest BCUT2D eigenvalue weighted by Crippen LogP contribution is 2.07. The van der Waals surface area contributed by atoms with Crippen LogP contribution < -0.4 is 0 Å². The number of nitrogens with zero attached hydrogens (tertiary/aromatic N) is 2. The van der Waals surface area contributed by atoms with Crippen LogP contribution in [0, 0.1) is 5.92 Å². The second-order valence-corrected chi connectivity index (χ2v) is 14.2. The molecule has 2 unspecified atom stereocenters. The van der Waals surface area contributed by atoms with E-state index in [-0.39, 0.29) is 5.97 Å². The van der Waals surface area contributed by atoms with Crippen LogP contribution in [-0.4, -0.2) is 93.8 Å². The minimum atomic E-state index is -1.33. The summed E-state index contributed by atoms with van der Waals surface area (Å²) < 4.78 is 11.0. The summed E-state index contributed by atoms with van der Waals surface area (Å²) in [6.07, 6.45) is 1.75. The molecular weight excluding hydrogens is 348 g/mol. The molecule has 1 saturated heterocycles. The Hall–Kier alpha value is -0.473. The molecule has 1 heterocycles. The van der Waals surface area contributed by atoms with Gasteiger partial charge >= 0.3 is 5.97 Å². The van der Waals surface area contributed by atoms with Crippen LogP contribution in [0.15, 0.2) is 0 Å². The summed E-state index contributed by atoms with van der Waals surface area (Å²) in [6, 6.07) is 0. The van der Waals surface area contributed by atoms with Gasteiger partial charge in [-0.05, 0) is 5.92 Å². The molecule has 0 aromatic carbocycles. The molecule has 1 fully saturated rings. The molecule has 6 nitrogen and oxygen atoms in total. The first-order valence-corrected chi connectivity index (χ1v) is 13.8. The van der Waals surface area contributed by atoms with Crippen molar-refractivity contribution in [2.24, 2.45) is 5.92 Å². The smallest absolute Gasteiger partial charge is 0.306 e. The molecule has 1 aliphatic heterocycles. The van der Waals surface area contributed by atoms with Crippen molar-refractivity contribution in [1.29, 1.82) is 0 Å². The van der Waals surface area contributed by atoms with E-state index in [4.69, 9.17) is 9.47 Å². The predicted molar refractivity (Wildman–Crippen MR) is 108 cm³/mol. The van der Waals surface area contributed by atoms with Crippen molar-refractivity contribution in [2.75, 3.05) is 58.7 Å². The first-order chi connectivity index (χ1) is 12.2. The zero-order chi connectivity index (χ0) is 19.6. The van der Waals surface area contributed by atoms with Gasteiger partial charge in [-0.25, -0.2) is 0 Å². The number of hydrogen-bond acceptors (Lipinski definition) is 6. The summed E-state index contributed by atoms with van der Waals surface area (Å²) >= 11 is 0. The fourth-order valence-corrected chi connectivity index (χ4v) is 3.28. The van der Waals surface area contributed by atoms with Gasteiger partial charge in [-0.15, -0.1) is 0 Å². The van der Waals surface area contributed by atoms with E-state index in [1.54, 1.807) is 0 Å². The molecule has 0 bridgehead atoms. The minimum Gasteiger partial charge on any atom is -0.469 e. The van der Waals surface area contributed by atoms with E-state index in [1.807, 2.05) is 0 Å². The zero-order valence-corrected chi connectivity index (χ0v) is 18.5. The van der Waals surface area contributed by atoms with Crippen LogP contribution in [0.25, 0.3) is 0 Å². The van der Waals surface area contributed by atoms with Crippen molar-refractivity contribution < 1.29 is 19.4 Å². The molecule has 0 radical (unpaired) electrons. The molecule has 1 aliphatic rings. The predicted octanol–water partition coefficient (Wildman–Crippen LogP) is 1.84. The van der Waals surface area contributed by atoms with Crippen molar-refractivity contribution in [1.82, 2.24) is 9.80 Å². The molecule has 0 amide bonds. The lowest BCUT2D eigenvalue weighted by molar-refractivity contribution is -0.142. The molecule has 0 aromatic rings. The van der Waals surface area contributed by atoms with Gasteiger partial charge in [-0.2, -0.15) is 0 Å². The molecule has 1 N–H and O–H groups in total. The average Bonchev–Trinajstić information content (AvgIpc) is 2.58. The maximum atomic E-state index is 11.8. The first kappa shape index (κ1) is 23.6. The lowest BCUT2D eigenvalue weighted by Gasteiger charge is -2.35. The van der Waals surface area contributed by atoms with Crippen LogP contribution in [0.3, 0.4) is 0 Å². The molecule has 26 heavy (non-hydrogen) atoms. The molecule has 0 aromatic heterocycles. The summed E-state index contributed by atoms with van der Waals surface area (Å²) in [5.74, 6) is 0.465. The largest absolute Gasteiger partial charge is 0.469 e. The Morgan fingerprint density at radius 1 is 1.12 bits per heavy atom. The van der Waals surface area contributed by atoms with Gasteiger partial charge in [0.1, 0.15) is 0 Å². The highest BCUT2D eigenvalue weighted by Gasteiger charge is 2.21. The van der Waals surface area contributed by atoms with Gasteiger partial charge in [-0.1, -0.05) is 39.9 Å². The fraction of sp³-hybridized carbons (Fsp3) is 0.947. The van der Waals surface area contributed by atoms with E-state index in [9.17, 15) is 9.90 Å². The standard InChI is InChI=1S/C19H40N2O4Si/c1-6-17(2)14-24-15-18(22)13-21-11-9-20(10-12-21)8-7-19(23)25-16-26(3,4)5/h17-18,22H,6-16H2,1-5H3. The van der Waals surface area contributed by atoms with Crippen LogP contribution in [0.1, 0.15) is 26.7 Å². The molecule has 1 rings (SSSR count). The molecule has 2 atom stereocenters. The van der Waals surface area contributed by atoms with Crippen molar-refractivity contribution >= 4 is 14.0 Å². The summed E-state index contributed by atoms with van der Waals surface area (Å²) in [7, 11) is -1.33. The van der Waals surface area contributed by atoms with E-state index >= 15 is 0 Å². The summed E-state index contributed by atoms with van der Waals surface area (Å²) in [4.78, 5) is 16.4. The molecular formula is C19H40N2O4Si. The minimum absolute atomic E-state index is 0.0799. The first-order valence-electron chi connectivity index (χ1n) is 10.1. The second-order valence-electron chi connectivity index (χ2n) is 8.82. The van der Waals surface area contributed by atoms with Gasteiger partial charge in [0.25, 0.3) is 0 Å². The normalized spacial score (nSPS) is 19.3. The van der Waals surface area contributed by atoms with Crippen molar-refractivity contribution in [3.05, 3.63) is 0 Å². The number of carbonyl (C=O) groups is 1. The van der Waals surface area contributed by atoms with Crippen LogP contribution >= 0.6 is 0 Å². The van der Waals surface area contributed by atoms with E-state index in [0.717, 1.165) is 45.8 Å². The van der Waals surface area contributed by atoms with Crippen LogP contribution in [0.5, 0.6) is 0 Å². The lowest BCUT2D eigenvalue weighted by atomic mass is 10.1. The molecule has 0 spiro atoms.